The second-order valence-corrected chi connectivity index (χ2v) is 8.98. The van der Waals surface area contributed by atoms with Crippen LogP contribution < -0.4 is 0 Å². The van der Waals surface area contributed by atoms with Crippen molar-refractivity contribution in [3.63, 3.8) is 0 Å². The SMILES string of the molecule is O=C1c2cc3ccc4cc5c6ccccc6cc6ccc7cc(c2C=CC1O)c3c4c7c65. The number of rotatable bonds is 0. The Bertz CT molecular complexity index is 1960. The number of hydrogen-bond acceptors (Lipinski definition) is 2. The van der Waals surface area contributed by atoms with E-state index in [4.69, 9.17) is 0 Å². The van der Waals surface area contributed by atoms with Gasteiger partial charge in [0, 0.05) is 5.56 Å². The summed E-state index contributed by atoms with van der Waals surface area (Å²) in [5.74, 6) is -0.226. The number of ketones is 1. The molecular formula is C30H16O2. The third-order valence-electron chi connectivity index (χ3n) is 7.35. The zero-order valence-electron chi connectivity index (χ0n) is 17.0. The molecule has 0 aromatic heterocycles. The molecule has 0 aliphatic heterocycles. The van der Waals surface area contributed by atoms with Crippen LogP contribution in [0.5, 0.6) is 0 Å². The van der Waals surface area contributed by atoms with Crippen LogP contribution in [0.1, 0.15) is 15.9 Å². The van der Waals surface area contributed by atoms with Gasteiger partial charge >= 0.3 is 0 Å². The Labute approximate surface area is 182 Å². The average molecular weight is 408 g/mol. The summed E-state index contributed by atoms with van der Waals surface area (Å²) in [6.07, 6.45) is 2.44. The standard InChI is InChI=1S/C30H16O2/c31-25-10-9-21-23-13-19-7-5-16-11-15-3-1-2-4-20(15)22-12-18-8-6-17(14-24(21)30(25)32)27(23)29(18)28(19)26(16)22/h1-14,25,31H. The van der Waals surface area contributed by atoms with E-state index in [1.165, 1.54) is 53.9 Å². The molecule has 8 rings (SSSR count). The lowest BCUT2D eigenvalue weighted by Crippen LogP contribution is -2.21. The van der Waals surface area contributed by atoms with Crippen molar-refractivity contribution in [1.29, 1.82) is 0 Å². The molecule has 1 aliphatic rings. The molecular weight excluding hydrogens is 392 g/mol. The Hall–Kier alpha value is -4.01. The molecule has 1 N–H and O–H groups in total. The molecule has 1 unspecified atom stereocenters. The van der Waals surface area contributed by atoms with E-state index < -0.39 is 6.10 Å². The molecule has 0 radical (unpaired) electrons. The third-order valence-corrected chi connectivity index (χ3v) is 7.35. The van der Waals surface area contributed by atoms with Crippen LogP contribution in [-0.4, -0.2) is 17.0 Å². The molecule has 32 heavy (non-hydrogen) atoms. The number of hydrogen-bond donors (Lipinski definition) is 1. The zero-order chi connectivity index (χ0) is 21.1. The van der Waals surface area contributed by atoms with E-state index in [1.54, 1.807) is 6.08 Å². The van der Waals surface area contributed by atoms with Crippen LogP contribution in [0.2, 0.25) is 0 Å². The first-order valence-corrected chi connectivity index (χ1v) is 10.9. The normalized spacial score (nSPS) is 16.5. The van der Waals surface area contributed by atoms with E-state index in [0.29, 0.717) is 5.56 Å². The smallest absolute Gasteiger partial charge is 0.195 e. The molecule has 0 heterocycles. The Kier molecular flexibility index (Phi) is 2.82. The molecule has 2 heteroatoms. The number of benzene rings is 7. The van der Waals surface area contributed by atoms with Gasteiger partial charge in [0.2, 0.25) is 0 Å². The first-order valence-electron chi connectivity index (χ1n) is 10.9. The molecule has 1 aliphatic carbocycles. The molecule has 2 nitrogen and oxygen atoms in total. The molecule has 0 saturated heterocycles. The van der Waals surface area contributed by atoms with Gasteiger partial charge < -0.3 is 5.11 Å². The molecule has 1 atom stereocenters. The van der Waals surface area contributed by atoms with Gasteiger partial charge in [0.15, 0.2) is 5.78 Å². The number of fused-ring (bicyclic) bond motifs is 4. The van der Waals surface area contributed by atoms with E-state index in [1.807, 2.05) is 12.1 Å². The fraction of sp³-hybridized carbons (Fsp3) is 0.0333. The van der Waals surface area contributed by atoms with Crippen molar-refractivity contribution in [3.05, 3.63) is 90.0 Å². The van der Waals surface area contributed by atoms with Gasteiger partial charge in [-0.2, -0.15) is 0 Å². The number of carbonyl (C=O) groups is 1. The van der Waals surface area contributed by atoms with Gasteiger partial charge in [-0.15, -0.1) is 0 Å². The second-order valence-electron chi connectivity index (χ2n) is 8.98. The van der Waals surface area contributed by atoms with Crippen molar-refractivity contribution in [3.8, 4) is 0 Å². The lowest BCUT2D eigenvalue weighted by atomic mass is 9.81. The predicted octanol–water partition coefficient (Wildman–Crippen LogP) is 7.05. The van der Waals surface area contributed by atoms with Gasteiger partial charge in [0.05, 0.1) is 0 Å². The van der Waals surface area contributed by atoms with Gasteiger partial charge in [-0.3, -0.25) is 4.79 Å². The van der Waals surface area contributed by atoms with E-state index in [-0.39, 0.29) is 5.78 Å². The first-order chi connectivity index (χ1) is 15.7. The first kappa shape index (κ1) is 16.7. The highest BCUT2D eigenvalue weighted by Crippen LogP contribution is 2.46. The van der Waals surface area contributed by atoms with Crippen molar-refractivity contribution in [2.24, 2.45) is 0 Å². The molecule has 0 amide bonds. The molecule has 0 fully saturated rings. The summed E-state index contributed by atoms with van der Waals surface area (Å²) < 4.78 is 0. The Balaban J connectivity index is 1.69. The summed E-state index contributed by atoms with van der Waals surface area (Å²) in [5.41, 5.74) is 1.52. The van der Waals surface area contributed by atoms with Crippen molar-refractivity contribution in [1.82, 2.24) is 0 Å². The monoisotopic (exact) mass is 408 g/mol. The van der Waals surface area contributed by atoms with Crippen molar-refractivity contribution in [2.75, 3.05) is 0 Å². The third kappa shape index (κ3) is 1.84. The highest BCUT2D eigenvalue weighted by Gasteiger charge is 2.26. The number of carbonyl (C=O) groups excluding carboxylic acids is 1. The fourth-order valence-electron chi connectivity index (χ4n) is 5.98. The van der Waals surface area contributed by atoms with Gasteiger partial charge in [-0.05, 0) is 101 Å². The van der Waals surface area contributed by atoms with Crippen molar-refractivity contribution >= 4 is 76.5 Å². The van der Waals surface area contributed by atoms with Gasteiger partial charge in [-0.25, -0.2) is 0 Å². The maximum absolute atomic E-state index is 12.7. The lowest BCUT2D eigenvalue weighted by molar-refractivity contribution is 0.0818. The van der Waals surface area contributed by atoms with Gasteiger partial charge in [-0.1, -0.05) is 54.6 Å². The van der Waals surface area contributed by atoms with Crippen LogP contribution >= 0.6 is 0 Å². The van der Waals surface area contributed by atoms with E-state index in [2.05, 4.69) is 66.7 Å². The van der Waals surface area contributed by atoms with Crippen molar-refractivity contribution in [2.45, 2.75) is 6.10 Å². The summed E-state index contributed by atoms with van der Waals surface area (Å²) in [6.45, 7) is 0. The van der Waals surface area contributed by atoms with Gasteiger partial charge in [0.1, 0.15) is 6.10 Å². The zero-order valence-corrected chi connectivity index (χ0v) is 17.0. The van der Waals surface area contributed by atoms with E-state index in [0.717, 1.165) is 16.3 Å². The topological polar surface area (TPSA) is 37.3 Å². The quantitative estimate of drug-likeness (QED) is 0.216. The summed E-state index contributed by atoms with van der Waals surface area (Å²) >= 11 is 0. The Morgan fingerprint density at radius 2 is 1.22 bits per heavy atom. The molecule has 7 aromatic rings. The fourth-order valence-corrected chi connectivity index (χ4v) is 5.98. The maximum Gasteiger partial charge on any atom is 0.195 e. The van der Waals surface area contributed by atoms with Crippen LogP contribution in [0, 0.1) is 0 Å². The molecule has 0 spiro atoms. The average Bonchev–Trinajstić information content (AvgIpc) is 2.83. The largest absolute Gasteiger partial charge is 0.381 e. The van der Waals surface area contributed by atoms with Crippen LogP contribution in [0.4, 0.5) is 0 Å². The number of Topliss-reactive ketones (excluding diaryl/α,β-unsaturated/α-hetero) is 1. The maximum atomic E-state index is 12.7. The van der Waals surface area contributed by atoms with Crippen LogP contribution in [0.3, 0.4) is 0 Å². The summed E-state index contributed by atoms with van der Waals surface area (Å²) in [7, 11) is 0. The minimum absolute atomic E-state index is 0.226. The second kappa shape index (κ2) is 5.42. The predicted molar refractivity (Wildman–Crippen MR) is 133 cm³/mol. The van der Waals surface area contributed by atoms with Crippen LogP contribution in [0.25, 0.3) is 70.7 Å². The lowest BCUT2D eigenvalue weighted by Gasteiger charge is -2.22. The highest BCUT2D eigenvalue weighted by molar-refractivity contribution is 6.39. The minimum atomic E-state index is -1.06. The summed E-state index contributed by atoms with van der Waals surface area (Å²) in [5, 5.41) is 24.8. The van der Waals surface area contributed by atoms with Gasteiger partial charge in [0.25, 0.3) is 0 Å². The van der Waals surface area contributed by atoms with E-state index >= 15 is 0 Å². The highest BCUT2D eigenvalue weighted by atomic mass is 16.3. The summed E-state index contributed by atoms with van der Waals surface area (Å²) in [6, 6.07) is 26.1. The molecule has 148 valence electrons. The number of aliphatic hydroxyl groups is 1. The molecule has 0 saturated carbocycles. The number of aliphatic hydroxyl groups excluding tert-OH is 1. The van der Waals surface area contributed by atoms with Crippen molar-refractivity contribution < 1.29 is 9.90 Å². The van der Waals surface area contributed by atoms with Crippen LogP contribution in [0.15, 0.2) is 78.9 Å². The van der Waals surface area contributed by atoms with E-state index in [9.17, 15) is 9.90 Å². The molecule has 0 bridgehead atoms. The Morgan fingerprint density at radius 3 is 2.00 bits per heavy atom. The Morgan fingerprint density at radius 1 is 0.594 bits per heavy atom. The van der Waals surface area contributed by atoms with Crippen LogP contribution in [-0.2, 0) is 0 Å². The molecule has 7 aromatic carbocycles. The summed E-state index contributed by atoms with van der Waals surface area (Å²) in [4.78, 5) is 12.7. The minimum Gasteiger partial charge on any atom is -0.381 e.